The van der Waals surface area contributed by atoms with E-state index in [1.165, 1.54) is 6.07 Å². The van der Waals surface area contributed by atoms with Crippen LogP contribution in [0.4, 0.5) is 0 Å². The van der Waals surface area contributed by atoms with Gasteiger partial charge in [0.25, 0.3) is 0 Å². The highest BCUT2D eigenvalue weighted by Gasteiger charge is 2.33. The van der Waals surface area contributed by atoms with E-state index in [9.17, 15) is 45.6 Å². The zero-order chi connectivity index (χ0) is 24.0. The normalized spacial score (nSPS) is 17.1. The summed E-state index contributed by atoms with van der Waals surface area (Å²) in [7, 11) is 0. The summed E-state index contributed by atoms with van der Waals surface area (Å²) in [4.78, 5) is 12.3. The maximum absolute atomic E-state index is 12.3. The number of aliphatic hydroxyl groups is 1. The second-order valence-corrected chi connectivity index (χ2v) is 7.39. The van der Waals surface area contributed by atoms with Crippen LogP contribution in [0.3, 0.4) is 0 Å². The third kappa shape index (κ3) is 3.92. The lowest BCUT2D eigenvalue weighted by Gasteiger charge is -2.31. The lowest BCUT2D eigenvalue weighted by molar-refractivity contribution is 0.0195. The molecule has 0 aliphatic carbocycles. The molecule has 0 fully saturated rings. The first-order chi connectivity index (χ1) is 15.5. The van der Waals surface area contributed by atoms with E-state index in [-0.39, 0.29) is 40.4 Å². The van der Waals surface area contributed by atoms with Gasteiger partial charge in [-0.15, -0.1) is 0 Å². The average Bonchev–Trinajstić information content (AvgIpc) is 2.74. The molecule has 3 aromatic rings. The van der Waals surface area contributed by atoms with Gasteiger partial charge in [0.15, 0.2) is 34.9 Å². The smallest absolute Gasteiger partial charge is 0.344 e. The lowest BCUT2D eigenvalue weighted by Crippen LogP contribution is -2.30. The number of hydrogen-bond acceptors (Lipinski definition) is 11. The summed E-state index contributed by atoms with van der Waals surface area (Å²) in [6.07, 6.45) is -2.34. The summed E-state index contributed by atoms with van der Waals surface area (Å²) >= 11 is 0. The molecule has 0 saturated heterocycles. The summed E-state index contributed by atoms with van der Waals surface area (Å²) < 4.78 is 10.6. The van der Waals surface area contributed by atoms with Crippen molar-refractivity contribution >= 4 is 5.97 Å². The van der Waals surface area contributed by atoms with Gasteiger partial charge in [0.05, 0.1) is 11.7 Å². The monoisotopic (exact) mass is 458 g/mol. The number of hydrogen-bond donors (Lipinski definition) is 8. The van der Waals surface area contributed by atoms with E-state index in [4.69, 9.17) is 9.47 Å². The third-order valence-electron chi connectivity index (χ3n) is 5.09. The molecular formula is C22H18O11. The second-order valence-electron chi connectivity index (χ2n) is 7.39. The fourth-order valence-electron chi connectivity index (χ4n) is 3.51. The van der Waals surface area contributed by atoms with Crippen molar-refractivity contribution in [3.8, 4) is 51.7 Å². The van der Waals surface area contributed by atoms with Crippen molar-refractivity contribution in [1.82, 2.24) is 0 Å². The van der Waals surface area contributed by atoms with Gasteiger partial charge in [-0.05, 0) is 24.3 Å². The van der Waals surface area contributed by atoms with Crippen molar-refractivity contribution in [3.63, 3.8) is 0 Å². The Labute approximate surface area is 185 Å². The molecule has 0 spiro atoms. The molecule has 0 saturated carbocycles. The molecule has 3 aromatic carbocycles. The number of benzene rings is 3. The van der Waals surface area contributed by atoms with Gasteiger partial charge in [-0.3, -0.25) is 0 Å². The number of aromatic hydroxyl groups is 7. The Bertz CT molecular complexity index is 1220. The molecule has 0 amide bonds. The summed E-state index contributed by atoms with van der Waals surface area (Å²) in [5, 5.41) is 79.2. The zero-order valence-corrected chi connectivity index (χ0v) is 16.6. The van der Waals surface area contributed by atoms with Crippen LogP contribution in [0.1, 0.15) is 27.6 Å². The number of carbonyl (C=O) groups excluding carboxylic acids is 1. The average molecular weight is 458 g/mol. The zero-order valence-electron chi connectivity index (χ0n) is 16.6. The van der Waals surface area contributed by atoms with Gasteiger partial charge in [-0.2, -0.15) is 0 Å². The number of phenols is 7. The maximum Gasteiger partial charge on any atom is 0.344 e. The molecule has 0 radical (unpaired) electrons. The van der Waals surface area contributed by atoms with Crippen LogP contribution in [0, 0.1) is 0 Å². The van der Waals surface area contributed by atoms with Gasteiger partial charge in [0, 0.05) is 29.7 Å². The predicted molar refractivity (Wildman–Crippen MR) is 109 cm³/mol. The Kier molecular flexibility index (Phi) is 5.18. The molecular weight excluding hydrogens is 440 g/mol. The third-order valence-corrected chi connectivity index (χ3v) is 5.09. The molecule has 11 heteroatoms. The van der Waals surface area contributed by atoms with Crippen LogP contribution >= 0.6 is 0 Å². The standard InChI is InChI=1S/C22H18O11/c23-10-5-12(24)11-7-17(29)20(32-18(11)6-10)8-1-15(27)21(16(28)2-8)33-22(31)9-3-13(25)19(30)14(26)4-9/h1-6,17,20,23-30H,7H2/t17-,20+/m0/s1. The largest absolute Gasteiger partial charge is 0.508 e. The van der Waals surface area contributed by atoms with Crippen molar-refractivity contribution < 1.29 is 55.1 Å². The van der Waals surface area contributed by atoms with Gasteiger partial charge in [-0.25, -0.2) is 4.79 Å². The topological polar surface area (TPSA) is 197 Å². The molecule has 8 N–H and O–H groups in total. The number of rotatable bonds is 3. The fraction of sp³-hybridized carbons (Fsp3) is 0.136. The molecule has 0 bridgehead atoms. The van der Waals surface area contributed by atoms with E-state index in [0.29, 0.717) is 0 Å². The van der Waals surface area contributed by atoms with E-state index in [0.717, 1.165) is 30.3 Å². The quantitative estimate of drug-likeness (QED) is 0.162. The Morgan fingerprint density at radius 1 is 0.818 bits per heavy atom. The molecule has 172 valence electrons. The van der Waals surface area contributed by atoms with Gasteiger partial charge in [0.1, 0.15) is 17.2 Å². The highest BCUT2D eigenvalue weighted by molar-refractivity contribution is 5.93. The van der Waals surface area contributed by atoms with Crippen molar-refractivity contribution in [2.45, 2.75) is 18.6 Å². The van der Waals surface area contributed by atoms with E-state index in [1.807, 2.05) is 0 Å². The Morgan fingerprint density at radius 3 is 2.03 bits per heavy atom. The SMILES string of the molecule is O=C(Oc1c(O)cc([C@H]2Oc3cc(O)cc(O)c3C[C@@H]2O)cc1O)c1cc(O)c(O)c(O)c1. The molecule has 33 heavy (non-hydrogen) atoms. The van der Waals surface area contributed by atoms with Crippen LogP contribution in [0.15, 0.2) is 36.4 Å². The molecule has 1 heterocycles. The number of esters is 1. The molecule has 11 nitrogen and oxygen atoms in total. The number of carbonyl (C=O) groups is 1. The Balaban J connectivity index is 1.62. The number of fused-ring (bicyclic) bond motifs is 1. The van der Waals surface area contributed by atoms with Crippen LogP contribution in [-0.2, 0) is 6.42 Å². The number of aliphatic hydroxyl groups excluding tert-OH is 1. The summed E-state index contributed by atoms with van der Waals surface area (Å²) in [6, 6.07) is 6.13. The van der Waals surface area contributed by atoms with E-state index < -0.39 is 52.7 Å². The Morgan fingerprint density at radius 2 is 1.42 bits per heavy atom. The van der Waals surface area contributed by atoms with Gasteiger partial charge < -0.3 is 50.3 Å². The number of ether oxygens (including phenoxy) is 2. The second kappa shape index (κ2) is 7.88. The first-order valence-electron chi connectivity index (χ1n) is 9.47. The lowest BCUT2D eigenvalue weighted by atomic mass is 9.93. The van der Waals surface area contributed by atoms with Crippen molar-refractivity contribution in [2.75, 3.05) is 0 Å². The molecule has 1 aliphatic heterocycles. The first-order valence-corrected chi connectivity index (χ1v) is 9.47. The maximum atomic E-state index is 12.3. The van der Waals surface area contributed by atoms with Crippen LogP contribution in [0.5, 0.6) is 51.7 Å². The van der Waals surface area contributed by atoms with Gasteiger partial charge in [0.2, 0.25) is 5.75 Å². The minimum atomic E-state index is -1.19. The summed E-state index contributed by atoms with van der Waals surface area (Å²) in [5.41, 5.74) is -0.00501. The summed E-state index contributed by atoms with van der Waals surface area (Å²) in [5.74, 6) is -6.03. The van der Waals surface area contributed by atoms with Crippen molar-refractivity contribution in [2.24, 2.45) is 0 Å². The van der Waals surface area contributed by atoms with Crippen molar-refractivity contribution in [1.29, 1.82) is 0 Å². The van der Waals surface area contributed by atoms with E-state index in [2.05, 4.69) is 0 Å². The van der Waals surface area contributed by atoms with Crippen LogP contribution in [-0.4, -0.2) is 52.9 Å². The predicted octanol–water partition coefficient (Wildman–Crippen LogP) is 1.88. The van der Waals surface area contributed by atoms with Crippen LogP contribution in [0.25, 0.3) is 0 Å². The molecule has 0 aromatic heterocycles. The first kappa shape index (κ1) is 21.7. The van der Waals surface area contributed by atoms with Gasteiger partial charge in [-0.1, -0.05) is 0 Å². The van der Waals surface area contributed by atoms with E-state index in [1.54, 1.807) is 0 Å². The van der Waals surface area contributed by atoms with Crippen LogP contribution in [0.2, 0.25) is 0 Å². The van der Waals surface area contributed by atoms with E-state index >= 15 is 0 Å². The molecule has 2 atom stereocenters. The minimum absolute atomic E-state index is 0.0434. The molecule has 4 rings (SSSR count). The van der Waals surface area contributed by atoms with Gasteiger partial charge >= 0.3 is 5.97 Å². The fourth-order valence-corrected chi connectivity index (χ4v) is 3.51. The highest BCUT2D eigenvalue weighted by Crippen LogP contribution is 2.45. The number of phenolic OH excluding ortho intramolecular Hbond substituents is 7. The minimum Gasteiger partial charge on any atom is -0.508 e. The van der Waals surface area contributed by atoms with Crippen LogP contribution < -0.4 is 9.47 Å². The van der Waals surface area contributed by atoms with Crippen molar-refractivity contribution in [3.05, 3.63) is 53.1 Å². The molecule has 1 aliphatic rings. The Hall–Kier alpha value is -4.51. The summed E-state index contributed by atoms with van der Waals surface area (Å²) in [6.45, 7) is 0. The highest BCUT2D eigenvalue weighted by atomic mass is 16.5. The molecule has 0 unspecified atom stereocenters.